The van der Waals surface area contributed by atoms with Gasteiger partial charge in [0.05, 0.1) is 0 Å². The van der Waals surface area contributed by atoms with Crippen LogP contribution in [0.3, 0.4) is 0 Å². The number of para-hydroxylation sites is 1. The second-order valence-electron chi connectivity index (χ2n) is 4.65. The van der Waals surface area contributed by atoms with Gasteiger partial charge in [-0.05, 0) is 30.7 Å². The lowest BCUT2D eigenvalue weighted by molar-refractivity contribution is 0.377. The molecule has 5 nitrogen and oxygen atoms in total. The number of anilines is 1. The molecule has 1 N–H and O–H groups in total. The first-order chi connectivity index (χ1) is 10.4. The smallest absolute Gasteiger partial charge is 0.227 e. The lowest BCUT2D eigenvalue weighted by Gasteiger charge is -2.03. The molecule has 0 saturated heterocycles. The van der Waals surface area contributed by atoms with Crippen molar-refractivity contribution < 1.29 is 4.52 Å². The zero-order chi connectivity index (χ0) is 14.3. The van der Waals surface area contributed by atoms with E-state index in [-0.39, 0.29) is 0 Å². The van der Waals surface area contributed by atoms with Gasteiger partial charge in [-0.25, -0.2) is 0 Å². The summed E-state index contributed by atoms with van der Waals surface area (Å²) in [5.74, 6) is 1.25. The zero-order valence-electron chi connectivity index (χ0n) is 11.6. The Hall–Kier alpha value is -2.69. The topological polar surface area (TPSA) is 63.8 Å². The lowest BCUT2D eigenvalue weighted by atomic mass is 10.2. The van der Waals surface area contributed by atoms with Gasteiger partial charge >= 0.3 is 0 Å². The second kappa shape index (κ2) is 6.65. The summed E-state index contributed by atoms with van der Waals surface area (Å²) in [7, 11) is 0. The van der Waals surface area contributed by atoms with Crippen LogP contribution >= 0.6 is 0 Å². The molecule has 0 atom stereocenters. The normalized spacial score (nSPS) is 10.5. The van der Waals surface area contributed by atoms with E-state index < -0.39 is 0 Å². The molecule has 0 fully saturated rings. The number of benzene rings is 1. The molecule has 3 aromatic rings. The third-order valence-corrected chi connectivity index (χ3v) is 3.06. The minimum atomic E-state index is 0.592. The van der Waals surface area contributed by atoms with Crippen molar-refractivity contribution in [2.75, 3.05) is 11.9 Å². The molecule has 0 spiro atoms. The molecule has 2 aromatic heterocycles. The van der Waals surface area contributed by atoms with Crippen molar-refractivity contribution in [3.05, 3.63) is 60.7 Å². The molecule has 0 amide bonds. The first-order valence-corrected chi connectivity index (χ1v) is 6.94. The van der Waals surface area contributed by atoms with E-state index in [1.54, 1.807) is 12.4 Å². The van der Waals surface area contributed by atoms with Crippen LogP contribution in [-0.4, -0.2) is 21.7 Å². The van der Waals surface area contributed by atoms with Gasteiger partial charge in [-0.15, -0.1) is 0 Å². The number of aromatic nitrogens is 3. The molecule has 0 radical (unpaired) electrons. The maximum absolute atomic E-state index is 5.25. The van der Waals surface area contributed by atoms with Gasteiger partial charge in [-0.1, -0.05) is 23.4 Å². The Morgan fingerprint density at radius 3 is 2.76 bits per heavy atom. The molecular formula is C16H16N4O. The highest BCUT2D eigenvalue weighted by atomic mass is 16.5. The maximum atomic E-state index is 5.25. The third-order valence-electron chi connectivity index (χ3n) is 3.06. The molecule has 3 rings (SSSR count). The van der Waals surface area contributed by atoms with Crippen LogP contribution in [0.2, 0.25) is 0 Å². The minimum Gasteiger partial charge on any atom is -0.385 e. The van der Waals surface area contributed by atoms with Gasteiger partial charge in [0.2, 0.25) is 11.7 Å². The van der Waals surface area contributed by atoms with Crippen molar-refractivity contribution >= 4 is 5.69 Å². The molecule has 0 unspecified atom stereocenters. The molecule has 1 aromatic carbocycles. The van der Waals surface area contributed by atoms with Gasteiger partial charge < -0.3 is 9.84 Å². The molecule has 0 bridgehead atoms. The Morgan fingerprint density at radius 1 is 1.05 bits per heavy atom. The first kappa shape index (κ1) is 13.3. The summed E-state index contributed by atoms with van der Waals surface area (Å²) >= 11 is 0. The van der Waals surface area contributed by atoms with Crippen LogP contribution in [0.25, 0.3) is 11.4 Å². The molecule has 21 heavy (non-hydrogen) atoms. The van der Waals surface area contributed by atoms with Crippen molar-refractivity contribution in [3.63, 3.8) is 0 Å². The van der Waals surface area contributed by atoms with Gasteiger partial charge in [-0.3, -0.25) is 4.98 Å². The van der Waals surface area contributed by atoms with Crippen molar-refractivity contribution in [3.8, 4) is 11.4 Å². The van der Waals surface area contributed by atoms with E-state index in [0.29, 0.717) is 11.7 Å². The second-order valence-corrected chi connectivity index (χ2v) is 4.65. The molecule has 5 heteroatoms. The third kappa shape index (κ3) is 3.66. The molecule has 0 aliphatic heterocycles. The fourth-order valence-corrected chi connectivity index (χ4v) is 2.00. The van der Waals surface area contributed by atoms with E-state index >= 15 is 0 Å². The molecule has 0 saturated carbocycles. The van der Waals surface area contributed by atoms with Crippen LogP contribution in [0.1, 0.15) is 12.3 Å². The van der Waals surface area contributed by atoms with E-state index in [2.05, 4.69) is 20.4 Å². The fourth-order valence-electron chi connectivity index (χ4n) is 2.00. The predicted molar refractivity (Wildman–Crippen MR) is 80.8 cm³/mol. The molecule has 0 aliphatic rings. The van der Waals surface area contributed by atoms with Gasteiger partial charge in [0.15, 0.2) is 0 Å². The highest BCUT2D eigenvalue weighted by Crippen LogP contribution is 2.14. The maximum Gasteiger partial charge on any atom is 0.227 e. The van der Waals surface area contributed by atoms with Gasteiger partial charge in [0, 0.05) is 36.6 Å². The summed E-state index contributed by atoms with van der Waals surface area (Å²) in [5.41, 5.74) is 1.99. The first-order valence-electron chi connectivity index (χ1n) is 6.94. The van der Waals surface area contributed by atoms with E-state index in [1.807, 2.05) is 42.5 Å². The predicted octanol–water partition coefficient (Wildman–Crippen LogP) is 3.18. The van der Waals surface area contributed by atoms with Gasteiger partial charge in [-0.2, -0.15) is 4.98 Å². The fraction of sp³-hybridized carbons (Fsp3) is 0.188. The molecule has 2 heterocycles. The number of rotatable bonds is 6. The highest BCUT2D eigenvalue weighted by molar-refractivity contribution is 5.51. The average Bonchev–Trinajstić information content (AvgIpc) is 3.02. The number of nitrogens with one attached hydrogen (secondary N) is 1. The molecule has 0 aliphatic carbocycles. The van der Waals surface area contributed by atoms with E-state index in [0.717, 1.165) is 30.6 Å². The quantitative estimate of drug-likeness (QED) is 0.703. The summed E-state index contributed by atoms with van der Waals surface area (Å²) in [6.07, 6.45) is 5.14. The Kier molecular flexibility index (Phi) is 4.21. The van der Waals surface area contributed by atoms with Crippen LogP contribution in [0.4, 0.5) is 5.69 Å². The molecular weight excluding hydrogens is 264 g/mol. The Balaban J connectivity index is 1.49. The number of hydrogen-bond donors (Lipinski definition) is 1. The summed E-state index contributed by atoms with van der Waals surface area (Å²) in [6.45, 7) is 0.870. The van der Waals surface area contributed by atoms with Crippen LogP contribution in [-0.2, 0) is 6.42 Å². The number of pyridine rings is 1. The molecule has 106 valence electrons. The van der Waals surface area contributed by atoms with Crippen molar-refractivity contribution in [2.24, 2.45) is 0 Å². The van der Waals surface area contributed by atoms with E-state index in [9.17, 15) is 0 Å². The van der Waals surface area contributed by atoms with Crippen LogP contribution in [0.15, 0.2) is 59.4 Å². The van der Waals surface area contributed by atoms with Crippen molar-refractivity contribution in [1.29, 1.82) is 0 Å². The van der Waals surface area contributed by atoms with E-state index in [1.165, 1.54) is 0 Å². The number of hydrogen-bond acceptors (Lipinski definition) is 5. The summed E-state index contributed by atoms with van der Waals surface area (Å²) in [6, 6.07) is 13.9. The average molecular weight is 280 g/mol. The zero-order valence-corrected chi connectivity index (χ0v) is 11.6. The summed E-state index contributed by atoms with van der Waals surface area (Å²) in [5, 5.41) is 7.33. The number of nitrogens with zero attached hydrogens (tertiary/aromatic N) is 3. The Labute approximate surface area is 123 Å². The lowest BCUT2D eigenvalue weighted by Crippen LogP contribution is -2.02. The van der Waals surface area contributed by atoms with Crippen LogP contribution in [0, 0.1) is 0 Å². The monoisotopic (exact) mass is 280 g/mol. The Bertz CT molecular complexity index is 667. The standard InChI is InChI=1S/C16H16N4O/c1-2-7-14(8-3-1)18-11-5-9-15-19-16(20-21-15)13-6-4-10-17-12-13/h1-4,6-8,10,12,18H,5,9,11H2. The summed E-state index contributed by atoms with van der Waals surface area (Å²) in [4.78, 5) is 8.43. The Morgan fingerprint density at radius 2 is 1.95 bits per heavy atom. The van der Waals surface area contributed by atoms with E-state index in [4.69, 9.17) is 4.52 Å². The number of aryl methyl sites for hydroxylation is 1. The summed E-state index contributed by atoms with van der Waals surface area (Å²) < 4.78 is 5.25. The van der Waals surface area contributed by atoms with Crippen molar-refractivity contribution in [2.45, 2.75) is 12.8 Å². The van der Waals surface area contributed by atoms with Crippen molar-refractivity contribution in [1.82, 2.24) is 15.1 Å². The minimum absolute atomic E-state index is 0.592. The van der Waals surface area contributed by atoms with Crippen LogP contribution in [0.5, 0.6) is 0 Å². The van der Waals surface area contributed by atoms with Gasteiger partial charge in [0.1, 0.15) is 0 Å². The SMILES string of the molecule is c1ccc(NCCCc2nc(-c3cccnc3)no2)cc1. The van der Waals surface area contributed by atoms with Gasteiger partial charge in [0.25, 0.3) is 0 Å². The largest absolute Gasteiger partial charge is 0.385 e. The highest BCUT2D eigenvalue weighted by Gasteiger charge is 2.07. The van der Waals surface area contributed by atoms with Crippen LogP contribution < -0.4 is 5.32 Å².